The maximum atomic E-state index is 13.1. The zero-order valence-electron chi connectivity index (χ0n) is 13.8. The van der Waals surface area contributed by atoms with E-state index in [1.165, 1.54) is 11.1 Å². The van der Waals surface area contributed by atoms with Crippen LogP contribution in [0.4, 0.5) is 0 Å². The van der Waals surface area contributed by atoms with Gasteiger partial charge < -0.3 is 19.3 Å². The summed E-state index contributed by atoms with van der Waals surface area (Å²) in [6.45, 7) is 0.606. The van der Waals surface area contributed by atoms with Gasteiger partial charge >= 0.3 is 0 Å². The van der Waals surface area contributed by atoms with Crippen LogP contribution >= 0.6 is 0 Å². The van der Waals surface area contributed by atoms with E-state index in [1.807, 2.05) is 12.1 Å². The molecule has 0 N–H and O–H groups in total. The second-order valence-electron chi connectivity index (χ2n) is 6.58. The summed E-state index contributed by atoms with van der Waals surface area (Å²) in [5, 5.41) is 13.1. The Labute approximate surface area is 136 Å². The number of hydroxylamine groups is 3. The van der Waals surface area contributed by atoms with Gasteiger partial charge in [-0.3, -0.25) is 0 Å². The van der Waals surface area contributed by atoms with Gasteiger partial charge in [0.1, 0.15) is 6.04 Å². The molecule has 120 valence electrons. The van der Waals surface area contributed by atoms with Crippen molar-refractivity contribution in [2.45, 2.75) is 18.9 Å². The standard InChI is InChI=1S/C19H21NO3/c1-20(21)9-8-13-11-16(22-2)19(23-3)18-14-7-5-4-6-12(14)10-15(20)17(13)18/h4-7,11,15H,8-10H2,1-3H3/t15-,20?/m1/s1. The third kappa shape index (κ3) is 1.98. The van der Waals surface area contributed by atoms with Gasteiger partial charge in [0.2, 0.25) is 0 Å². The highest BCUT2D eigenvalue weighted by Gasteiger charge is 2.41. The predicted octanol–water partition coefficient (Wildman–Crippen LogP) is 3.47. The Balaban J connectivity index is 2.10. The van der Waals surface area contributed by atoms with E-state index in [-0.39, 0.29) is 10.7 Å². The monoisotopic (exact) mass is 311 g/mol. The molecular weight excluding hydrogens is 290 g/mol. The van der Waals surface area contributed by atoms with Crippen molar-refractivity contribution >= 4 is 0 Å². The minimum atomic E-state index is -0.218. The number of fused-ring (bicyclic) bond motifs is 2. The maximum absolute atomic E-state index is 13.1. The fraction of sp³-hybridized carbons (Fsp3) is 0.368. The summed E-state index contributed by atoms with van der Waals surface area (Å²) in [7, 11) is 5.13. The van der Waals surface area contributed by atoms with Crippen LogP contribution < -0.4 is 9.47 Å². The number of likely N-dealkylation sites (N-methyl/N-ethyl adjacent to an activating group) is 1. The molecule has 0 amide bonds. The first kappa shape index (κ1) is 14.5. The Kier molecular flexibility index (Phi) is 3.15. The van der Waals surface area contributed by atoms with Crippen molar-refractivity contribution in [1.29, 1.82) is 0 Å². The minimum Gasteiger partial charge on any atom is -0.633 e. The number of hydrogen-bond acceptors (Lipinski definition) is 3. The number of rotatable bonds is 2. The van der Waals surface area contributed by atoms with Crippen LogP contribution in [-0.2, 0) is 12.8 Å². The average molecular weight is 311 g/mol. The van der Waals surface area contributed by atoms with Gasteiger partial charge in [-0.1, -0.05) is 24.3 Å². The normalized spacial score (nSPS) is 24.6. The fourth-order valence-corrected chi connectivity index (χ4v) is 4.13. The van der Waals surface area contributed by atoms with Crippen molar-refractivity contribution in [3.8, 4) is 22.6 Å². The molecule has 0 saturated carbocycles. The summed E-state index contributed by atoms with van der Waals surface area (Å²) in [6.07, 6.45) is 1.56. The number of methoxy groups -OCH3 is 2. The molecule has 4 rings (SSSR count). The summed E-state index contributed by atoms with van der Waals surface area (Å²) in [6, 6.07) is 10.3. The number of nitrogens with zero attached hydrogens (tertiary/aromatic N) is 1. The summed E-state index contributed by atoms with van der Waals surface area (Å²) in [4.78, 5) is 0. The van der Waals surface area contributed by atoms with Crippen LogP contribution in [0.1, 0.15) is 22.7 Å². The summed E-state index contributed by atoms with van der Waals surface area (Å²) in [5.74, 6) is 1.49. The van der Waals surface area contributed by atoms with Gasteiger partial charge in [0.05, 0.1) is 27.8 Å². The molecule has 0 saturated heterocycles. The van der Waals surface area contributed by atoms with Gasteiger partial charge in [-0.05, 0) is 22.8 Å². The molecule has 23 heavy (non-hydrogen) atoms. The molecule has 2 aromatic rings. The average Bonchev–Trinajstić information content (AvgIpc) is 2.57. The largest absolute Gasteiger partial charge is 0.633 e. The molecule has 4 heteroatoms. The Bertz CT molecular complexity index is 782. The van der Waals surface area contributed by atoms with Crippen LogP contribution in [0.15, 0.2) is 30.3 Å². The lowest BCUT2D eigenvalue weighted by molar-refractivity contribution is -0.894. The van der Waals surface area contributed by atoms with Gasteiger partial charge in [0.25, 0.3) is 0 Å². The number of ether oxygens (including phenoxy) is 2. The van der Waals surface area contributed by atoms with Crippen LogP contribution in [0.2, 0.25) is 0 Å². The van der Waals surface area contributed by atoms with Crippen molar-refractivity contribution in [3.05, 3.63) is 52.2 Å². The van der Waals surface area contributed by atoms with Crippen molar-refractivity contribution in [2.75, 3.05) is 27.8 Å². The highest BCUT2D eigenvalue weighted by molar-refractivity contribution is 5.83. The van der Waals surface area contributed by atoms with Gasteiger partial charge in [0.15, 0.2) is 11.5 Å². The predicted molar refractivity (Wildman–Crippen MR) is 89.5 cm³/mol. The molecule has 2 atom stereocenters. The summed E-state index contributed by atoms with van der Waals surface area (Å²) < 4.78 is 11.0. The third-order valence-corrected chi connectivity index (χ3v) is 5.31. The van der Waals surface area contributed by atoms with Crippen molar-refractivity contribution in [2.24, 2.45) is 0 Å². The quantitative estimate of drug-likeness (QED) is 0.630. The van der Waals surface area contributed by atoms with E-state index < -0.39 is 0 Å². The first-order valence-corrected chi connectivity index (χ1v) is 7.99. The Morgan fingerprint density at radius 1 is 1.13 bits per heavy atom. The second-order valence-corrected chi connectivity index (χ2v) is 6.58. The fourth-order valence-electron chi connectivity index (χ4n) is 4.13. The molecule has 1 unspecified atom stereocenters. The maximum Gasteiger partial charge on any atom is 0.169 e. The first-order chi connectivity index (χ1) is 11.1. The van der Waals surface area contributed by atoms with Crippen molar-refractivity contribution in [3.63, 3.8) is 0 Å². The Morgan fingerprint density at radius 2 is 1.91 bits per heavy atom. The topological polar surface area (TPSA) is 41.5 Å². The smallest absolute Gasteiger partial charge is 0.169 e. The Hall–Kier alpha value is -2.04. The summed E-state index contributed by atoms with van der Waals surface area (Å²) in [5.41, 5.74) is 5.81. The van der Waals surface area contributed by atoms with E-state index in [0.29, 0.717) is 6.54 Å². The molecule has 2 aromatic carbocycles. The van der Waals surface area contributed by atoms with Gasteiger partial charge in [-0.25, -0.2) is 0 Å². The molecule has 1 aliphatic carbocycles. The number of hydrogen-bond donors (Lipinski definition) is 0. The highest BCUT2D eigenvalue weighted by atomic mass is 16.5. The third-order valence-electron chi connectivity index (χ3n) is 5.31. The molecule has 1 heterocycles. The SMILES string of the molecule is COc1cc2c3c(c1OC)-c1ccccc1C[C@H]3[N+](C)([O-])CC2. The zero-order valence-corrected chi connectivity index (χ0v) is 13.8. The van der Waals surface area contributed by atoms with Gasteiger partial charge in [-0.15, -0.1) is 0 Å². The highest BCUT2D eigenvalue weighted by Crippen LogP contribution is 2.53. The van der Waals surface area contributed by atoms with Crippen LogP contribution in [0, 0.1) is 5.21 Å². The van der Waals surface area contributed by atoms with Crippen molar-refractivity contribution in [1.82, 2.24) is 0 Å². The molecule has 4 nitrogen and oxygen atoms in total. The zero-order chi connectivity index (χ0) is 16.2. The van der Waals surface area contributed by atoms with E-state index in [2.05, 4.69) is 18.2 Å². The van der Waals surface area contributed by atoms with Crippen LogP contribution in [-0.4, -0.2) is 32.5 Å². The molecule has 2 aliphatic rings. The molecule has 0 fully saturated rings. The molecule has 0 bridgehead atoms. The molecule has 1 aliphatic heterocycles. The number of benzene rings is 2. The number of quaternary nitrogens is 1. The van der Waals surface area contributed by atoms with Crippen LogP contribution in [0.25, 0.3) is 11.1 Å². The lowest BCUT2D eigenvalue weighted by atomic mass is 9.76. The van der Waals surface area contributed by atoms with E-state index in [9.17, 15) is 5.21 Å². The first-order valence-electron chi connectivity index (χ1n) is 7.99. The molecule has 0 spiro atoms. The van der Waals surface area contributed by atoms with E-state index in [0.717, 1.165) is 41.0 Å². The Morgan fingerprint density at radius 3 is 2.65 bits per heavy atom. The molecule has 0 aromatic heterocycles. The van der Waals surface area contributed by atoms with Crippen LogP contribution in [0.5, 0.6) is 11.5 Å². The minimum absolute atomic E-state index is 0.0662. The van der Waals surface area contributed by atoms with Crippen LogP contribution in [0.3, 0.4) is 0 Å². The van der Waals surface area contributed by atoms with E-state index in [4.69, 9.17) is 9.47 Å². The lowest BCUT2D eigenvalue weighted by Gasteiger charge is -2.51. The summed E-state index contributed by atoms with van der Waals surface area (Å²) >= 11 is 0. The second kappa shape index (κ2) is 4.98. The lowest BCUT2D eigenvalue weighted by Crippen LogP contribution is -2.48. The molecule has 0 radical (unpaired) electrons. The van der Waals surface area contributed by atoms with Gasteiger partial charge in [-0.2, -0.15) is 0 Å². The van der Waals surface area contributed by atoms with Crippen molar-refractivity contribution < 1.29 is 14.1 Å². The molecular formula is C19H21NO3. The van der Waals surface area contributed by atoms with E-state index >= 15 is 0 Å². The van der Waals surface area contributed by atoms with Gasteiger partial charge in [0, 0.05) is 24.0 Å². The van der Waals surface area contributed by atoms with E-state index in [1.54, 1.807) is 21.3 Å².